The van der Waals surface area contributed by atoms with Gasteiger partial charge in [-0.25, -0.2) is 0 Å². The fourth-order valence-electron chi connectivity index (χ4n) is 2.38. The summed E-state index contributed by atoms with van der Waals surface area (Å²) in [5, 5.41) is 9.74. The Hall–Kier alpha value is -2.02. The lowest BCUT2D eigenvalue weighted by atomic mass is 10.1. The highest BCUT2D eigenvalue weighted by atomic mass is 16.5. The van der Waals surface area contributed by atoms with E-state index in [9.17, 15) is 14.7 Å². The number of ether oxygens (including phenoxy) is 1. The van der Waals surface area contributed by atoms with E-state index in [2.05, 4.69) is 5.43 Å². The molecule has 0 aromatic carbocycles. The highest BCUT2D eigenvalue weighted by Crippen LogP contribution is 2.24. The number of hydrogen-bond acceptors (Lipinski definition) is 5. The Morgan fingerprint density at radius 1 is 1.44 bits per heavy atom. The number of morpholine rings is 1. The van der Waals surface area contributed by atoms with Crippen molar-refractivity contribution in [1.82, 2.24) is 9.58 Å². The van der Waals surface area contributed by atoms with Crippen molar-refractivity contribution < 1.29 is 14.6 Å². The molecule has 0 spiro atoms. The minimum atomic E-state index is -0.559. The summed E-state index contributed by atoms with van der Waals surface area (Å²) in [4.78, 5) is 25.3. The Balaban J connectivity index is 2.13. The van der Waals surface area contributed by atoms with Crippen LogP contribution in [0.15, 0.2) is 17.1 Å². The average molecular weight is 251 g/mol. The number of nitrogens with zero attached hydrogens (tertiary/aromatic N) is 2. The minimum Gasteiger partial charge on any atom is -0.502 e. The van der Waals surface area contributed by atoms with E-state index in [0.29, 0.717) is 13.2 Å². The maximum Gasteiger partial charge on any atom is 0.278 e. The lowest BCUT2D eigenvalue weighted by molar-refractivity contribution is -0.0310. The standard InChI is InChI=1S/C11H13N3O4/c1-6-4-18-5-8-12-13-3-2-7(15)10(16)9(13)11(17)14(6)8/h2-3,6,8,12,16H,4-5H2,1H3/t6-,8?/m0/s1. The van der Waals surface area contributed by atoms with E-state index in [1.54, 1.807) is 4.90 Å². The Morgan fingerprint density at radius 3 is 3.00 bits per heavy atom. The number of fused-ring (bicyclic) bond motifs is 2. The van der Waals surface area contributed by atoms with Crippen LogP contribution in [0.1, 0.15) is 17.4 Å². The maximum absolute atomic E-state index is 12.3. The van der Waals surface area contributed by atoms with E-state index in [1.165, 1.54) is 16.9 Å². The van der Waals surface area contributed by atoms with Gasteiger partial charge in [0.15, 0.2) is 11.4 Å². The molecule has 1 saturated heterocycles. The first-order valence-corrected chi connectivity index (χ1v) is 5.71. The monoisotopic (exact) mass is 251 g/mol. The van der Waals surface area contributed by atoms with Gasteiger partial charge in [-0.15, -0.1) is 0 Å². The van der Waals surface area contributed by atoms with Crippen LogP contribution in [0.4, 0.5) is 0 Å². The fraction of sp³-hybridized carbons (Fsp3) is 0.455. The summed E-state index contributed by atoms with van der Waals surface area (Å²) in [7, 11) is 0. The van der Waals surface area contributed by atoms with Gasteiger partial charge in [-0.2, -0.15) is 0 Å². The third-order valence-corrected chi connectivity index (χ3v) is 3.24. The molecule has 18 heavy (non-hydrogen) atoms. The molecule has 0 aliphatic carbocycles. The number of rotatable bonds is 0. The van der Waals surface area contributed by atoms with Gasteiger partial charge < -0.3 is 20.2 Å². The van der Waals surface area contributed by atoms with Gasteiger partial charge in [0.1, 0.15) is 6.17 Å². The SMILES string of the molecule is C[C@H]1COCC2Nn3ccc(=O)c(O)c3C(=O)N21. The molecule has 2 aliphatic heterocycles. The number of aromatic nitrogens is 1. The van der Waals surface area contributed by atoms with Crippen molar-refractivity contribution in [3.05, 3.63) is 28.2 Å². The van der Waals surface area contributed by atoms with Gasteiger partial charge in [-0.3, -0.25) is 14.3 Å². The molecule has 7 heteroatoms. The lowest BCUT2D eigenvalue weighted by Gasteiger charge is -2.44. The zero-order chi connectivity index (χ0) is 12.9. The van der Waals surface area contributed by atoms with E-state index in [4.69, 9.17) is 4.74 Å². The van der Waals surface area contributed by atoms with Crippen LogP contribution in [-0.2, 0) is 4.74 Å². The van der Waals surface area contributed by atoms with Crippen LogP contribution in [0.25, 0.3) is 0 Å². The molecule has 96 valence electrons. The van der Waals surface area contributed by atoms with Crippen LogP contribution < -0.4 is 10.9 Å². The van der Waals surface area contributed by atoms with Crippen molar-refractivity contribution in [3.8, 4) is 5.75 Å². The van der Waals surface area contributed by atoms with E-state index >= 15 is 0 Å². The van der Waals surface area contributed by atoms with Gasteiger partial charge in [-0.05, 0) is 6.92 Å². The van der Waals surface area contributed by atoms with Gasteiger partial charge in [0.2, 0.25) is 5.43 Å². The number of pyridine rings is 1. The highest BCUT2D eigenvalue weighted by Gasteiger charge is 2.39. The number of carbonyl (C=O) groups is 1. The largest absolute Gasteiger partial charge is 0.502 e. The molecule has 2 aliphatic rings. The average Bonchev–Trinajstić information content (AvgIpc) is 2.34. The predicted octanol–water partition coefficient (Wildman–Crippen LogP) is -0.702. The van der Waals surface area contributed by atoms with Crippen molar-refractivity contribution in [1.29, 1.82) is 0 Å². The van der Waals surface area contributed by atoms with Crippen molar-refractivity contribution >= 4 is 5.91 Å². The van der Waals surface area contributed by atoms with E-state index < -0.39 is 11.2 Å². The maximum atomic E-state index is 12.3. The lowest BCUT2D eigenvalue weighted by Crippen LogP contribution is -2.62. The Kier molecular flexibility index (Phi) is 2.30. The molecule has 1 fully saturated rings. The summed E-state index contributed by atoms with van der Waals surface area (Å²) in [6, 6.07) is 1.11. The second-order valence-corrected chi connectivity index (χ2v) is 4.49. The van der Waals surface area contributed by atoms with Gasteiger partial charge in [-0.1, -0.05) is 0 Å². The first-order valence-electron chi connectivity index (χ1n) is 5.71. The summed E-state index contributed by atoms with van der Waals surface area (Å²) < 4.78 is 6.75. The smallest absolute Gasteiger partial charge is 0.278 e. The van der Waals surface area contributed by atoms with Crippen LogP contribution in [0.2, 0.25) is 0 Å². The normalized spacial score (nSPS) is 26.3. The molecule has 0 saturated carbocycles. The van der Waals surface area contributed by atoms with E-state index in [-0.39, 0.29) is 23.8 Å². The Bertz CT molecular complexity index is 568. The van der Waals surface area contributed by atoms with E-state index in [0.717, 1.165) is 0 Å². The van der Waals surface area contributed by atoms with Crippen LogP contribution in [0, 0.1) is 0 Å². The van der Waals surface area contributed by atoms with Crippen molar-refractivity contribution in [2.45, 2.75) is 19.1 Å². The Labute approximate surface area is 103 Å². The van der Waals surface area contributed by atoms with Gasteiger partial charge in [0, 0.05) is 12.3 Å². The number of aromatic hydroxyl groups is 1. The summed E-state index contributed by atoms with van der Waals surface area (Å²) >= 11 is 0. The zero-order valence-corrected chi connectivity index (χ0v) is 9.79. The molecule has 2 N–H and O–H groups in total. The van der Waals surface area contributed by atoms with Gasteiger partial charge in [0.25, 0.3) is 5.91 Å². The molecule has 0 bridgehead atoms. The third kappa shape index (κ3) is 1.40. The van der Waals surface area contributed by atoms with Crippen molar-refractivity contribution in [2.75, 3.05) is 18.6 Å². The minimum absolute atomic E-state index is 0.0208. The summed E-state index contributed by atoms with van der Waals surface area (Å²) in [6.07, 6.45) is 1.15. The van der Waals surface area contributed by atoms with Crippen LogP contribution in [0.5, 0.6) is 5.75 Å². The third-order valence-electron chi connectivity index (χ3n) is 3.24. The second-order valence-electron chi connectivity index (χ2n) is 4.49. The van der Waals surface area contributed by atoms with Crippen molar-refractivity contribution in [3.63, 3.8) is 0 Å². The fourth-order valence-corrected chi connectivity index (χ4v) is 2.38. The van der Waals surface area contributed by atoms with Crippen LogP contribution >= 0.6 is 0 Å². The quantitative estimate of drug-likeness (QED) is 0.637. The number of carbonyl (C=O) groups excluding carboxylic acids is 1. The molecule has 3 heterocycles. The molecule has 3 rings (SSSR count). The summed E-state index contributed by atoms with van der Waals surface area (Å²) in [6.45, 7) is 2.68. The van der Waals surface area contributed by atoms with Gasteiger partial charge in [0.05, 0.1) is 19.3 Å². The first kappa shape index (κ1) is 11.1. The molecular weight excluding hydrogens is 238 g/mol. The van der Waals surface area contributed by atoms with Gasteiger partial charge >= 0.3 is 0 Å². The molecule has 1 aromatic heterocycles. The second kappa shape index (κ2) is 3.74. The predicted molar refractivity (Wildman–Crippen MR) is 62.0 cm³/mol. The molecular formula is C11H13N3O4. The Morgan fingerprint density at radius 2 is 2.22 bits per heavy atom. The molecule has 1 unspecified atom stereocenters. The van der Waals surface area contributed by atoms with E-state index in [1.807, 2.05) is 6.92 Å². The zero-order valence-electron chi connectivity index (χ0n) is 9.79. The molecule has 7 nitrogen and oxygen atoms in total. The van der Waals surface area contributed by atoms with Crippen LogP contribution in [-0.4, -0.2) is 46.0 Å². The molecule has 1 amide bonds. The summed E-state index contributed by atoms with van der Waals surface area (Å²) in [5.41, 5.74) is 2.45. The topological polar surface area (TPSA) is 83.8 Å². The first-order chi connectivity index (χ1) is 8.59. The number of amides is 1. The number of hydrogen-bond donors (Lipinski definition) is 2. The van der Waals surface area contributed by atoms with Crippen molar-refractivity contribution in [2.24, 2.45) is 0 Å². The molecule has 0 radical (unpaired) electrons. The molecule has 1 aromatic rings. The summed E-state index contributed by atoms with van der Waals surface area (Å²) in [5.74, 6) is -0.878. The highest BCUT2D eigenvalue weighted by molar-refractivity contribution is 5.96. The number of nitrogens with one attached hydrogen (secondary N) is 1. The molecule has 2 atom stereocenters. The van der Waals surface area contributed by atoms with Crippen LogP contribution in [0.3, 0.4) is 0 Å².